The highest BCUT2D eigenvalue weighted by molar-refractivity contribution is 5.89. The van der Waals surface area contributed by atoms with Crippen molar-refractivity contribution in [2.24, 2.45) is 10.9 Å². The first-order valence-electron chi connectivity index (χ1n) is 12.1. The van der Waals surface area contributed by atoms with Crippen LogP contribution in [0.1, 0.15) is 57.1 Å². The Morgan fingerprint density at radius 2 is 2.00 bits per heavy atom. The molecule has 0 unspecified atom stereocenters. The fraction of sp³-hybridized carbons (Fsp3) is 0.500. The van der Waals surface area contributed by atoms with Crippen LogP contribution < -0.4 is 4.90 Å². The van der Waals surface area contributed by atoms with Gasteiger partial charge in [-0.25, -0.2) is 9.97 Å². The summed E-state index contributed by atoms with van der Waals surface area (Å²) in [6.45, 7) is 3.32. The molecule has 4 heterocycles. The highest BCUT2D eigenvalue weighted by Crippen LogP contribution is 2.40. The zero-order chi connectivity index (χ0) is 21.7. The molecule has 1 N–H and O–H groups in total. The molecule has 1 aromatic carbocycles. The lowest BCUT2D eigenvalue weighted by molar-refractivity contribution is 0.236. The number of aliphatic imine (C=N–C) groups is 1. The van der Waals surface area contributed by atoms with Crippen LogP contribution in [0.2, 0.25) is 0 Å². The molecule has 0 bridgehead atoms. The van der Waals surface area contributed by atoms with E-state index in [1.807, 2.05) is 12.5 Å². The lowest BCUT2D eigenvalue weighted by atomic mass is 9.95. The average Bonchev–Trinajstić information content (AvgIpc) is 3.56. The van der Waals surface area contributed by atoms with Crippen molar-refractivity contribution in [3.05, 3.63) is 36.2 Å². The van der Waals surface area contributed by atoms with Crippen molar-refractivity contribution < 1.29 is 5.11 Å². The molecular formula is C26H31N5O. The molecule has 32 heavy (non-hydrogen) atoms. The van der Waals surface area contributed by atoms with Crippen LogP contribution in [0.15, 0.2) is 35.6 Å². The molecule has 2 aliphatic heterocycles. The molecule has 1 saturated heterocycles. The minimum Gasteiger partial charge on any atom is -0.396 e. The summed E-state index contributed by atoms with van der Waals surface area (Å²) in [6, 6.07) is 9.73. The first-order valence-corrected chi connectivity index (χ1v) is 12.1. The van der Waals surface area contributed by atoms with E-state index in [4.69, 9.17) is 9.97 Å². The lowest BCUT2D eigenvalue weighted by Gasteiger charge is -2.24. The number of benzene rings is 1. The zero-order valence-electron chi connectivity index (χ0n) is 18.7. The Kier molecular flexibility index (Phi) is 4.98. The molecule has 6 nitrogen and oxygen atoms in total. The predicted octanol–water partition coefficient (Wildman–Crippen LogP) is 5.07. The van der Waals surface area contributed by atoms with E-state index in [1.54, 1.807) is 0 Å². The molecule has 6 heteroatoms. The minimum absolute atomic E-state index is 0.238. The molecule has 3 aliphatic rings. The van der Waals surface area contributed by atoms with Crippen LogP contribution in [0, 0.1) is 5.92 Å². The van der Waals surface area contributed by atoms with Crippen LogP contribution in [0.4, 0.5) is 11.5 Å². The predicted molar refractivity (Wildman–Crippen MR) is 129 cm³/mol. The van der Waals surface area contributed by atoms with E-state index >= 15 is 0 Å². The molecule has 2 atom stereocenters. The maximum Gasteiger partial charge on any atom is 0.129 e. The third-order valence-electron chi connectivity index (χ3n) is 7.62. The number of hydrogen-bond donors (Lipinski definition) is 1. The van der Waals surface area contributed by atoms with Crippen LogP contribution in [0.5, 0.6) is 0 Å². The van der Waals surface area contributed by atoms with Gasteiger partial charge in [-0.05, 0) is 49.9 Å². The number of aliphatic hydroxyl groups is 1. The van der Waals surface area contributed by atoms with Crippen LogP contribution in [-0.2, 0) is 6.42 Å². The highest BCUT2D eigenvalue weighted by atomic mass is 16.3. The summed E-state index contributed by atoms with van der Waals surface area (Å²) in [4.78, 5) is 16.9. The van der Waals surface area contributed by atoms with Gasteiger partial charge in [0.25, 0.3) is 0 Å². The van der Waals surface area contributed by atoms with E-state index < -0.39 is 0 Å². The van der Waals surface area contributed by atoms with Gasteiger partial charge in [0.2, 0.25) is 0 Å². The van der Waals surface area contributed by atoms with Crippen LogP contribution in [0.25, 0.3) is 22.3 Å². The van der Waals surface area contributed by atoms with E-state index in [-0.39, 0.29) is 6.61 Å². The molecule has 2 aromatic heterocycles. The Labute approximate surface area is 189 Å². The normalized spacial score (nSPS) is 23.4. The van der Waals surface area contributed by atoms with Crippen molar-refractivity contribution in [2.45, 2.75) is 64.0 Å². The third kappa shape index (κ3) is 3.32. The lowest BCUT2D eigenvalue weighted by Crippen LogP contribution is -2.28. The molecule has 1 aliphatic carbocycles. The second kappa shape index (κ2) is 8.00. The molecule has 0 spiro atoms. The standard InChI is InChI=1S/C26H31N5O/c1-17-11-18(15-32)14-30(17)24-13-20-9-10-27-25(20)26(29-24)19-7-8-23-22(12-19)28-16-31(23)21-5-3-2-4-6-21/h7-8,10,12-13,16-18,21,32H,2-6,9,11,14-15H2,1H3/t17-,18+/m0/s1. The largest absolute Gasteiger partial charge is 0.396 e. The Bertz CT molecular complexity index is 1180. The number of imidazole rings is 1. The van der Waals surface area contributed by atoms with Gasteiger partial charge < -0.3 is 14.6 Å². The van der Waals surface area contributed by atoms with Crippen molar-refractivity contribution in [3.63, 3.8) is 0 Å². The highest BCUT2D eigenvalue weighted by Gasteiger charge is 2.31. The summed E-state index contributed by atoms with van der Waals surface area (Å²) in [7, 11) is 0. The van der Waals surface area contributed by atoms with Gasteiger partial charge in [-0.2, -0.15) is 0 Å². The fourth-order valence-corrected chi connectivity index (χ4v) is 5.88. The van der Waals surface area contributed by atoms with E-state index in [9.17, 15) is 5.11 Å². The number of pyridine rings is 1. The number of aromatic nitrogens is 3. The number of rotatable bonds is 4. The quantitative estimate of drug-likeness (QED) is 0.629. The summed E-state index contributed by atoms with van der Waals surface area (Å²) in [6.07, 6.45) is 12.4. The van der Waals surface area contributed by atoms with Gasteiger partial charge >= 0.3 is 0 Å². The molecule has 0 radical (unpaired) electrons. The Balaban J connectivity index is 1.40. The van der Waals surface area contributed by atoms with Gasteiger partial charge in [-0.1, -0.05) is 25.3 Å². The topological polar surface area (TPSA) is 66.5 Å². The number of nitrogens with zero attached hydrogens (tertiary/aromatic N) is 5. The number of fused-ring (bicyclic) bond motifs is 2. The molecular weight excluding hydrogens is 398 g/mol. The van der Waals surface area contributed by atoms with Crippen molar-refractivity contribution in [1.82, 2.24) is 14.5 Å². The van der Waals surface area contributed by atoms with E-state index in [2.05, 4.69) is 45.6 Å². The Morgan fingerprint density at radius 3 is 2.81 bits per heavy atom. The van der Waals surface area contributed by atoms with Crippen molar-refractivity contribution in [1.29, 1.82) is 0 Å². The zero-order valence-corrected chi connectivity index (χ0v) is 18.7. The molecule has 166 valence electrons. The first kappa shape index (κ1) is 19.9. The summed E-state index contributed by atoms with van der Waals surface area (Å²) < 4.78 is 2.38. The summed E-state index contributed by atoms with van der Waals surface area (Å²) >= 11 is 0. The van der Waals surface area contributed by atoms with Gasteiger partial charge in [0, 0.05) is 49.4 Å². The van der Waals surface area contributed by atoms with Crippen LogP contribution >= 0.6 is 0 Å². The Hall–Kier alpha value is -2.73. The van der Waals surface area contributed by atoms with Crippen LogP contribution in [-0.4, -0.2) is 45.0 Å². The van der Waals surface area contributed by atoms with Gasteiger partial charge in [0.1, 0.15) is 5.82 Å². The van der Waals surface area contributed by atoms with Crippen molar-refractivity contribution in [3.8, 4) is 11.3 Å². The van der Waals surface area contributed by atoms with Crippen molar-refractivity contribution >= 4 is 28.8 Å². The van der Waals surface area contributed by atoms with Gasteiger partial charge in [-0.3, -0.25) is 4.99 Å². The monoisotopic (exact) mass is 429 g/mol. The average molecular weight is 430 g/mol. The minimum atomic E-state index is 0.238. The van der Waals surface area contributed by atoms with Gasteiger partial charge in [-0.15, -0.1) is 0 Å². The third-order valence-corrected chi connectivity index (χ3v) is 7.62. The van der Waals surface area contributed by atoms with Gasteiger partial charge in [0.05, 0.1) is 28.7 Å². The van der Waals surface area contributed by atoms with E-state index in [1.165, 1.54) is 43.2 Å². The van der Waals surface area contributed by atoms with Crippen LogP contribution in [0.3, 0.4) is 0 Å². The summed E-state index contributed by atoms with van der Waals surface area (Å²) in [5.74, 6) is 1.32. The summed E-state index contributed by atoms with van der Waals surface area (Å²) in [5.41, 5.74) is 6.50. The molecule has 0 amide bonds. The van der Waals surface area contributed by atoms with E-state index in [0.29, 0.717) is 18.0 Å². The molecule has 1 saturated carbocycles. The maximum absolute atomic E-state index is 9.66. The fourth-order valence-electron chi connectivity index (χ4n) is 5.88. The molecule has 2 fully saturated rings. The SMILES string of the molecule is C[C@H]1C[C@@H](CO)CN1c1cc2c(c(-c3ccc4c(c3)ncn4C3CCCCC3)n1)N=CC2. The smallest absolute Gasteiger partial charge is 0.129 e. The van der Waals surface area contributed by atoms with E-state index in [0.717, 1.165) is 47.7 Å². The Morgan fingerprint density at radius 1 is 1.12 bits per heavy atom. The number of hydrogen-bond acceptors (Lipinski definition) is 5. The molecule has 3 aromatic rings. The number of aliphatic hydroxyl groups excluding tert-OH is 1. The second-order valence-electron chi connectivity index (χ2n) is 9.79. The number of anilines is 1. The van der Waals surface area contributed by atoms with Crippen molar-refractivity contribution in [2.75, 3.05) is 18.1 Å². The first-order chi connectivity index (χ1) is 15.7. The summed E-state index contributed by atoms with van der Waals surface area (Å²) in [5, 5.41) is 9.66. The second-order valence-corrected chi connectivity index (χ2v) is 9.79. The maximum atomic E-state index is 9.66. The molecule has 6 rings (SSSR count). The van der Waals surface area contributed by atoms with Gasteiger partial charge in [0.15, 0.2) is 0 Å².